The van der Waals surface area contributed by atoms with Gasteiger partial charge in [-0.2, -0.15) is 0 Å². The topological polar surface area (TPSA) is 102 Å². The van der Waals surface area contributed by atoms with Crippen LogP contribution in [0.15, 0.2) is 39.8 Å². The predicted molar refractivity (Wildman–Crippen MR) is 106 cm³/mol. The van der Waals surface area contributed by atoms with Gasteiger partial charge in [0.05, 0.1) is 30.6 Å². The predicted octanol–water partition coefficient (Wildman–Crippen LogP) is 1.70. The summed E-state index contributed by atoms with van der Waals surface area (Å²) in [7, 11) is 1.26. The van der Waals surface area contributed by atoms with Gasteiger partial charge in [-0.15, -0.1) is 0 Å². The van der Waals surface area contributed by atoms with E-state index in [-0.39, 0.29) is 30.7 Å². The summed E-state index contributed by atoms with van der Waals surface area (Å²) in [5.74, 6) is -1.35. The second kappa shape index (κ2) is 10.9. The van der Waals surface area contributed by atoms with Gasteiger partial charge in [-0.25, -0.2) is 4.79 Å². The third-order valence-electron chi connectivity index (χ3n) is 3.62. The van der Waals surface area contributed by atoms with E-state index in [0.717, 1.165) is 4.47 Å². The van der Waals surface area contributed by atoms with Gasteiger partial charge in [0, 0.05) is 16.6 Å². The van der Waals surface area contributed by atoms with Gasteiger partial charge in [-0.3, -0.25) is 14.4 Å². The number of thioether (sulfide) groups is 1. The van der Waals surface area contributed by atoms with E-state index in [1.54, 1.807) is 24.3 Å². The van der Waals surface area contributed by atoms with Crippen molar-refractivity contribution in [3.8, 4) is 0 Å². The van der Waals surface area contributed by atoms with E-state index >= 15 is 0 Å². The minimum absolute atomic E-state index is 0.0888. The second-order valence-corrected chi connectivity index (χ2v) is 7.52. The molecule has 0 unspecified atom stereocenters. The summed E-state index contributed by atoms with van der Waals surface area (Å²) in [4.78, 5) is 48.4. The Morgan fingerprint density at radius 3 is 2.86 bits per heavy atom. The van der Waals surface area contributed by atoms with Crippen molar-refractivity contribution in [2.45, 2.75) is 6.42 Å². The maximum absolute atomic E-state index is 12.0. The van der Waals surface area contributed by atoms with E-state index in [0.29, 0.717) is 23.6 Å². The van der Waals surface area contributed by atoms with Crippen molar-refractivity contribution in [2.24, 2.45) is 0 Å². The lowest BCUT2D eigenvalue weighted by Crippen LogP contribution is -2.31. The fourth-order valence-corrected chi connectivity index (χ4v) is 3.63. The average molecular weight is 471 g/mol. The van der Waals surface area contributed by atoms with Gasteiger partial charge in [-0.1, -0.05) is 33.8 Å². The number of nitrogens with one attached hydrogen (secondary N) is 1. The number of hydrogen-bond donors (Lipinski definition) is 1. The lowest BCUT2D eigenvalue weighted by Gasteiger charge is -2.16. The molecule has 0 saturated carbocycles. The molecule has 1 N–H and O–H groups in total. The van der Waals surface area contributed by atoms with Gasteiger partial charge < -0.3 is 19.7 Å². The quantitative estimate of drug-likeness (QED) is 0.350. The number of benzene rings is 1. The largest absolute Gasteiger partial charge is 0.466 e. The fraction of sp³-hybridized carbons (Fsp3) is 0.333. The van der Waals surface area contributed by atoms with Crippen LogP contribution in [-0.4, -0.2) is 61.2 Å². The summed E-state index contributed by atoms with van der Waals surface area (Å²) in [6.07, 6.45) is 1.66. The first-order chi connectivity index (χ1) is 13.4. The maximum atomic E-state index is 12.0. The van der Waals surface area contributed by atoms with E-state index in [1.165, 1.54) is 29.8 Å². The van der Waals surface area contributed by atoms with Crippen LogP contribution < -0.4 is 5.32 Å². The molecule has 10 heteroatoms. The van der Waals surface area contributed by atoms with Crippen molar-refractivity contribution in [1.82, 2.24) is 10.2 Å². The Bertz CT molecular complexity index is 798. The van der Waals surface area contributed by atoms with Crippen molar-refractivity contribution in [3.05, 3.63) is 45.4 Å². The number of halogens is 1. The van der Waals surface area contributed by atoms with Crippen molar-refractivity contribution >= 4 is 51.4 Å². The van der Waals surface area contributed by atoms with Gasteiger partial charge in [0.2, 0.25) is 5.91 Å². The highest BCUT2D eigenvalue weighted by atomic mass is 79.9. The summed E-state index contributed by atoms with van der Waals surface area (Å²) >= 11 is 4.53. The first-order valence-electron chi connectivity index (χ1n) is 8.33. The zero-order valence-corrected chi connectivity index (χ0v) is 17.5. The van der Waals surface area contributed by atoms with Crippen LogP contribution in [0.3, 0.4) is 0 Å². The summed E-state index contributed by atoms with van der Waals surface area (Å²) in [5, 5.41) is 3.01. The molecule has 1 fully saturated rings. The van der Waals surface area contributed by atoms with Gasteiger partial charge in [0.1, 0.15) is 6.54 Å². The number of amides is 2. The van der Waals surface area contributed by atoms with Crippen LogP contribution in [0.4, 0.5) is 0 Å². The molecule has 28 heavy (non-hydrogen) atoms. The first-order valence-corrected chi connectivity index (χ1v) is 10.1. The van der Waals surface area contributed by atoms with Crippen molar-refractivity contribution in [2.75, 3.05) is 32.6 Å². The van der Waals surface area contributed by atoms with E-state index in [4.69, 9.17) is 4.74 Å². The number of ether oxygens (including phenoxy) is 2. The number of carbonyl (C=O) groups excluding carboxylic acids is 4. The molecule has 0 aromatic heterocycles. The molecule has 2 amide bonds. The molecule has 1 aliphatic rings. The molecule has 1 saturated heterocycles. The molecular formula is C18H19BrN2O6S. The Morgan fingerprint density at radius 2 is 2.14 bits per heavy atom. The van der Waals surface area contributed by atoms with Crippen molar-refractivity contribution in [1.29, 1.82) is 0 Å². The molecule has 1 aromatic carbocycles. The van der Waals surface area contributed by atoms with Crippen LogP contribution >= 0.6 is 27.7 Å². The van der Waals surface area contributed by atoms with Crippen molar-refractivity contribution < 1.29 is 28.7 Å². The second-order valence-electron chi connectivity index (χ2n) is 5.61. The molecule has 1 aliphatic heterocycles. The molecule has 0 radical (unpaired) electrons. The van der Waals surface area contributed by atoms with E-state index < -0.39 is 11.9 Å². The van der Waals surface area contributed by atoms with Gasteiger partial charge in [-0.05, 0) is 24.6 Å². The number of rotatable bonds is 8. The lowest BCUT2D eigenvalue weighted by molar-refractivity contribution is -0.142. The molecule has 0 aliphatic carbocycles. The van der Waals surface area contributed by atoms with E-state index in [9.17, 15) is 19.2 Å². The summed E-state index contributed by atoms with van der Waals surface area (Å²) < 4.78 is 10.4. The summed E-state index contributed by atoms with van der Waals surface area (Å²) in [6.45, 7) is 0.148. The van der Waals surface area contributed by atoms with Crippen LogP contribution in [0.1, 0.15) is 16.8 Å². The Kier molecular flexibility index (Phi) is 8.52. The standard InChI is InChI=1S/C18H19BrN2O6S/c1-26-16(23)9-15-21(14(22)11-28-15)6-3-7-27-17(24)10-20-18(25)12-4-2-5-13(19)8-12/h2,4-5,8-9H,3,6-7,10-11H2,1H3,(H,20,25)/b15-9+. The number of hydrogen-bond acceptors (Lipinski definition) is 7. The number of carbonyl (C=O) groups is 4. The monoisotopic (exact) mass is 470 g/mol. The molecule has 8 nitrogen and oxygen atoms in total. The van der Waals surface area contributed by atoms with Crippen LogP contribution in [0, 0.1) is 0 Å². The highest BCUT2D eigenvalue weighted by Crippen LogP contribution is 2.28. The molecule has 0 bridgehead atoms. The summed E-state index contributed by atoms with van der Waals surface area (Å²) in [5.41, 5.74) is 0.428. The van der Waals surface area contributed by atoms with Crippen LogP contribution in [0.25, 0.3) is 0 Å². The highest BCUT2D eigenvalue weighted by molar-refractivity contribution is 9.10. The summed E-state index contributed by atoms with van der Waals surface area (Å²) in [6, 6.07) is 6.79. The molecule has 1 heterocycles. The molecular weight excluding hydrogens is 452 g/mol. The van der Waals surface area contributed by atoms with Crippen LogP contribution in [0.5, 0.6) is 0 Å². The minimum Gasteiger partial charge on any atom is -0.466 e. The van der Waals surface area contributed by atoms with E-state index in [1.807, 2.05) is 0 Å². The van der Waals surface area contributed by atoms with Crippen LogP contribution in [-0.2, 0) is 23.9 Å². The van der Waals surface area contributed by atoms with Gasteiger partial charge in [0.15, 0.2) is 0 Å². The zero-order valence-electron chi connectivity index (χ0n) is 15.1. The third kappa shape index (κ3) is 6.68. The minimum atomic E-state index is -0.573. The Hall–Kier alpha value is -2.33. The lowest BCUT2D eigenvalue weighted by atomic mass is 10.2. The maximum Gasteiger partial charge on any atom is 0.333 e. The Labute approximate surface area is 174 Å². The SMILES string of the molecule is COC(=O)/C=C1/SCC(=O)N1CCCOC(=O)CNC(=O)c1cccc(Br)c1. The van der Waals surface area contributed by atoms with Gasteiger partial charge in [0.25, 0.3) is 5.91 Å². The number of methoxy groups -OCH3 is 1. The molecule has 0 atom stereocenters. The van der Waals surface area contributed by atoms with Crippen LogP contribution in [0.2, 0.25) is 0 Å². The van der Waals surface area contributed by atoms with Gasteiger partial charge >= 0.3 is 11.9 Å². The molecule has 150 valence electrons. The van der Waals surface area contributed by atoms with Crippen molar-refractivity contribution in [3.63, 3.8) is 0 Å². The molecule has 0 spiro atoms. The molecule has 1 aromatic rings. The number of esters is 2. The average Bonchev–Trinajstić information content (AvgIpc) is 3.02. The number of nitrogens with zero attached hydrogens (tertiary/aromatic N) is 1. The zero-order chi connectivity index (χ0) is 20.5. The third-order valence-corrected chi connectivity index (χ3v) is 5.14. The Balaban J connectivity index is 1.70. The highest BCUT2D eigenvalue weighted by Gasteiger charge is 2.27. The smallest absolute Gasteiger partial charge is 0.333 e. The normalized spacial score (nSPS) is 14.9. The Morgan fingerprint density at radius 1 is 1.36 bits per heavy atom. The molecule has 2 rings (SSSR count). The van der Waals surface area contributed by atoms with E-state index in [2.05, 4.69) is 26.0 Å². The fourth-order valence-electron chi connectivity index (χ4n) is 2.27. The first kappa shape index (κ1) is 22.0.